The molecule has 3 amide bonds. The number of anilines is 2. The van der Waals surface area contributed by atoms with E-state index in [1.165, 1.54) is 11.0 Å². The second-order valence-electron chi connectivity index (χ2n) is 24.4. The molecule has 2 unspecified atom stereocenters. The molecule has 7 heterocycles. The smallest absolute Gasteiger partial charge is 0.417 e. The summed E-state index contributed by atoms with van der Waals surface area (Å²) in [5.74, 6) is -2.33. The summed E-state index contributed by atoms with van der Waals surface area (Å²) in [7, 11) is 1.64. The number of rotatable bonds is 18. The van der Waals surface area contributed by atoms with Crippen molar-refractivity contribution in [3.63, 3.8) is 0 Å². The molecule has 84 heavy (non-hydrogen) atoms. The van der Waals surface area contributed by atoms with E-state index in [0.29, 0.717) is 43.9 Å². The number of aromatic nitrogens is 4. The summed E-state index contributed by atoms with van der Waals surface area (Å²) in [4.78, 5) is 61.9. The van der Waals surface area contributed by atoms with Crippen molar-refractivity contribution >= 4 is 62.4 Å². The maximum Gasteiger partial charge on any atom is 0.417 e. The van der Waals surface area contributed by atoms with Crippen LogP contribution < -0.4 is 31.3 Å². The predicted molar refractivity (Wildman–Crippen MR) is 314 cm³/mol. The summed E-state index contributed by atoms with van der Waals surface area (Å²) in [6.07, 6.45) is -1.96. The summed E-state index contributed by atoms with van der Waals surface area (Å²) in [6, 6.07) is 11.6. The number of aliphatic hydroxyl groups excluding tert-OH is 1. The Balaban J connectivity index is 0.777. The third-order valence-corrected chi connectivity index (χ3v) is 18.4. The van der Waals surface area contributed by atoms with Gasteiger partial charge in [0.15, 0.2) is 5.82 Å². The highest BCUT2D eigenvalue weighted by Crippen LogP contribution is 2.48. The number of carbonyl (C=O) groups excluding carboxylic acids is 3. The lowest BCUT2D eigenvalue weighted by Gasteiger charge is -2.36. The minimum atomic E-state index is -5.02. The lowest BCUT2D eigenvalue weighted by molar-refractivity contribution is -0.144. The molecule has 7 atom stereocenters. The average molecular weight is 1180 g/mol. The molecule has 6 N–H and O–H groups in total. The summed E-state index contributed by atoms with van der Waals surface area (Å²) in [5.41, 5.74) is 7.90. The van der Waals surface area contributed by atoms with Crippen LogP contribution in [0.15, 0.2) is 48.0 Å². The number of β-amino-alcohol motifs (C(OH)–C–C–N with tert-alkyl or cyclic N) is 1. The molecule has 0 radical (unpaired) electrons. The molecule has 0 saturated carbocycles. The van der Waals surface area contributed by atoms with Gasteiger partial charge in [-0.1, -0.05) is 45.0 Å². The summed E-state index contributed by atoms with van der Waals surface area (Å²) in [5, 5.41) is 30.5. The van der Waals surface area contributed by atoms with Gasteiger partial charge in [-0.3, -0.25) is 19.3 Å². The topological polar surface area (TPSA) is 229 Å². The number of hydrogen-bond donors (Lipinski definition) is 5. The predicted octanol–water partition coefficient (Wildman–Crippen LogP) is 8.48. The minimum absolute atomic E-state index is 0.0276. The second kappa shape index (κ2) is 23.8. The second-order valence-corrected chi connectivity index (χ2v) is 25.3. The summed E-state index contributed by atoms with van der Waals surface area (Å²) < 4.78 is 78.1. The van der Waals surface area contributed by atoms with Gasteiger partial charge < -0.3 is 50.6 Å². The number of hydrogen-bond acceptors (Lipinski definition) is 15. The molecule has 0 spiro atoms. The molecule has 3 aromatic carbocycles. The Kier molecular flexibility index (Phi) is 17.1. The standard InChI is InChI=1S/C61H74F4N12O6S/c1-33(36-11-13-37(14-12-36)53-34(2)68-32-84-53)69-56(80)46-25-40(78)30-77(46)57(81)54(59(4,5)6)71-47(79)19-24-82-23-10-22-76-21-9-20-60(76,7)31-83-58-72-52-41(55(73-58)75-28-38-15-16-39(29-75)70-38)26-43(61(63,64)65)50(51(52)62)48-35(3)74(8)45-18-17-44(67)42(27-66)49(45)48/h11-14,17-18,26,32-33,38-40,46,54,70,78H,9-10,15-16,19-25,28-31,67H2,1-8H3,(H,69,80)(H,71,79)/t33-,38?,39?,40+,46-,54+,60-/m0/s1. The molecular weight excluding hydrogens is 1100 g/mol. The van der Waals surface area contributed by atoms with Gasteiger partial charge in [0.2, 0.25) is 17.7 Å². The van der Waals surface area contributed by atoms with E-state index < -0.39 is 70.0 Å². The highest BCUT2D eigenvalue weighted by molar-refractivity contribution is 7.13. The molecule has 448 valence electrons. The molecule has 4 saturated heterocycles. The first-order chi connectivity index (χ1) is 39.8. The molecule has 23 heteroatoms. The number of thiazole rings is 1. The van der Waals surface area contributed by atoms with Gasteiger partial charge >= 0.3 is 12.2 Å². The van der Waals surface area contributed by atoms with Crippen LogP contribution >= 0.6 is 11.3 Å². The van der Waals surface area contributed by atoms with Crippen molar-refractivity contribution in [3.8, 4) is 33.6 Å². The van der Waals surface area contributed by atoms with Crippen molar-refractivity contribution in [2.45, 2.75) is 141 Å². The Hall–Kier alpha value is -6.97. The Morgan fingerprint density at radius 2 is 1.75 bits per heavy atom. The highest BCUT2D eigenvalue weighted by atomic mass is 32.1. The molecule has 4 aliphatic heterocycles. The summed E-state index contributed by atoms with van der Waals surface area (Å²) >= 11 is 1.56. The van der Waals surface area contributed by atoms with Gasteiger partial charge in [-0.25, -0.2) is 9.37 Å². The molecule has 2 bridgehead atoms. The first-order valence-electron chi connectivity index (χ1n) is 28.8. The molecule has 0 aliphatic carbocycles. The third kappa shape index (κ3) is 12.0. The number of nitriles is 1. The Morgan fingerprint density at radius 3 is 2.42 bits per heavy atom. The average Bonchev–Trinajstić information content (AvgIpc) is 2.11. The number of nitrogens with one attached hydrogen (secondary N) is 3. The van der Waals surface area contributed by atoms with Gasteiger partial charge in [-0.2, -0.15) is 28.4 Å². The van der Waals surface area contributed by atoms with Crippen LogP contribution in [0.4, 0.5) is 29.1 Å². The van der Waals surface area contributed by atoms with Crippen LogP contribution in [0.25, 0.3) is 43.4 Å². The van der Waals surface area contributed by atoms with Crippen molar-refractivity contribution in [3.05, 3.63) is 81.9 Å². The molecule has 4 aliphatic rings. The number of carbonyl (C=O) groups is 3. The quantitative estimate of drug-likeness (QED) is 0.0309. The first kappa shape index (κ1) is 60.2. The molecule has 6 aromatic rings. The number of nitrogens with zero attached hydrogens (tertiary/aromatic N) is 8. The zero-order valence-electron chi connectivity index (χ0n) is 48.8. The molecular formula is C61H74F4N12O6S. The number of nitrogen functional groups attached to an aromatic ring is 1. The number of aryl methyl sites for hydroxylation is 2. The number of aliphatic hydroxyl groups is 1. The van der Waals surface area contributed by atoms with E-state index in [-0.39, 0.29) is 95.7 Å². The number of likely N-dealkylation sites (tertiary alicyclic amines) is 2. The van der Waals surface area contributed by atoms with E-state index in [1.54, 1.807) is 41.5 Å². The minimum Gasteiger partial charge on any atom is -0.461 e. The van der Waals surface area contributed by atoms with E-state index in [0.717, 1.165) is 60.0 Å². The molecule has 4 fully saturated rings. The van der Waals surface area contributed by atoms with E-state index in [1.807, 2.05) is 76.8 Å². The van der Waals surface area contributed by atoms with Crippen molar-refractivity contribution in [1.29, 1.82) is 5.26 Å². The van der Waals surface area contributed by atoms with Crippen LogP contribution in [-0.2, 0) is 32.3 Å². The zero-order valence-corrected chi connectivity index (χ0v) is 49.6. The Labute approximate surface area is 490 Å². The van der Waals surface area contributed by atoms with Crippen molar-refractivity contribution in [1.82, 2.24) is 45.3 Å². The molecule has 10 rings (SSSR count). The van der Waals surface area contributed by atoms with Gasteiger partial charge in [0.05, 0.1) is 62.7 Å². The monoisotopic (exact) mass is 1180 g/mol. The Morgan fingerprint density at radius 1 is 1.02 bits per heavy atom. The number of alkyl halides is 3. The summed E-state index contributed by atoms with van der Waals surface area (Å²) in [6.45, 7) is 15.6. The maximum absolute atomic E-state index is 17.7. The van der Waals surface area contributed by atoms with E-state index >= 15 is 17.6 Å². The van der Waals surface area contributed by atoms with Crippen LogP contribution in [0.5, 0.6) is 6.01 Å². The van der Waals surface area contributed by atoms with Crippen LogP contribution in [-0.4, -0.2) is 141 Å². The number of ether oxygens (including phenoxy) is 2. The van der Waals surface area contributed by atoms with E-state index in [2.05, 4.69) is 30.8 Å². The van der Waals surface area contributed by atoms with Crippen molar-refractivity contribution < 1.29 is 46.5 Å². The van der Waals surface area contributed by atoms with Crippen LogP contribution in [0.1, 0.15) is 114 Å². The number of piperazine rings is 1. The third-order valence-electron chi connectivity index (χ3n) is 17.4. The zero-order chi connectivity index (χ0) is 60.2. The van der Waals surface area contributed by atoms with Crippen LogP contribution in [0, 0.1) is 36.4 Å². The largest absolute Gasteiger partial charge is 0.461 e. The fourth-order valence-corrected chi connectivity index (χ4v) is 13.6. The van der Waals surface area contributed by atoms with Crippen LogP contribution in [0.2, 0.25) is 0 Å². The van der Waals surface area contributed by atoms with Gasteiger partial charge in [0, 0.05) is 92.4 Å². The normalized spacial score (nSPS) is 21.8. The maximum atomic E-state index is 17.7. The number of nitrogens with two attached hydrogens (primary N) is 1. The van der Waals surface area contributed by atoms with Crippen LogP contribution in [0.3, 0.4) is 0 Å². The molecule has 18 nitrogen and oxygen atoms in total. The lowest BCUT2D eigenvalue weighted by Crippen LogP contribution is -2.58. The van der Waals surface area contributed by atoms with Gasteiger partial charge in [-0.15, -0.1) is 11.3 Å². The van der Waals surface area contributed by atoms with Gasteiger partial charge in [0.25, 0.3) is 0 Å². The number of halogens is 4. The first-order valence-corrected chi connectivity index (χ1v) is 29.7. The lowest BCUT2D eigenvalue weighted by atomic mass is 9.85. The molecule has 3 aromatic heterocycles. The number of amides is 3. The van der Waals surface area contributed by atoms with E-state index in [9.17, 15) is 24.8 Å². The van der Waals surface area contributed by atoms with Gasteiger partial charge in [-0.05, 0) is 101 Å². The fourth-order valence-electron chi connectivity index (χ4n) is 12.7. The van der Waals surface area contributed by atoms with Crippen molar-refractivity contribution in [2.24, 2.45) is 12.5 Å². The van der Waals surface area contributed by atoms with Crippen molar-refractivity contribution in [2.75, 3.05) is 63.2 Å². The Bertz CT molecular complexity index is 3510. The fraction of sp³-hybridized carbons (Fsp3) is 0.525. The van der Waals surface area contributed by atoms with Gasteiger partial charge in [0.1, 0.15) is 36.1 Å². The number of fused-ring (bicyclic) bond motifs is 4. The SMILES string of the molecule is Cc1ncsc1-c1ccc([C@H](C)NC(=O)[C@@H]2C[C@@H](O)CN2C(=O)[C@@H](NC(=O)CCOCCCN2CCC[C@@]2(C)COc2nc(N3CC4CCC(C3)N4)c3cc(C(F)(F)F)c(-c4c(C)n(C)c5ccc(N)c(C#N)c45)c(F)c3n2)C(C)(C)C)cc1. The number of benzene rings is 3. The highest BCUT2D eigenvalue weighted by Gasteiger charge is 2.46. The van der Waals surface area contributed by atoms with E-state index in [4.69, 9.17) is 20.2 Å².